The third kappa shape index (κ3) is 5.57. The van der Waals surface area contributed by atoms with E-state index >= 15 is 0 Å². The molecule has 1 saturated carbocycles. The standard InChI is InChI=1S/C16H29N3O3/c1-14(20)19(15-4-2-3-5-15)8-6-16(21)17-7-9-18-10-12-22-13-11-18/h15H,2-13H2,1H3,(H,17,21). The minimum atomic E-state index is 0.0394. The monoisotopic (exact) mass is 311 g/mol. The van der Waals surface area contributed by atoms with E-state index in [0.717, 1.165) is 45.7 Å². The van der Waals surface area contributed by atoms with Gasteiger partial charge in [0.2, 0.25) is 11.8 Å². The van der Waals surface area contributed by atoms with Crippen LogP contribution in [0.2, 0.25) is 0 Å². The molecule has 1 aliphatic heterocycles. The number of nitrogens with zero attached hydrogens (tertiary/aromatic N) is 2. The topological polar surface area (TPSA) is 61.9 Å². The number of ether oxygens (including phenoxy) is 1. The van der Waals surface area contributed by atoms with Crippen molar-refractivity contribution in [2.75, 3.05) is 45.9 Å². The van der Waals surface area contributed by atoms with Crippen molar-refractivity contribution in [3.8, 4) is 0 Å². The van der Waals surface area contributed by atoms with Gasteiger partial charge in [0, 0.05) is 52.1 Å². The number of morpholine rings is 1. The summed E-state index contributed by atoms with van der Waals surface area (Å²) in [6.45, 7) is 7.13. The highest BCUT2D eigenvalue weighted by Crippen LogP contribution is 2.23. The molecule has 1 aliphatic carbocycles. The molecule has 0 radical (unpaired) electrons. The van der Waals surface area contributed by atoms with Crippen LogP contribution < -0.4 is 5.32 Å². The van der Waals surface area contributed by atoms with E-state index in [0.29, 0.717) is 25.6 Å². The van der Waals surface area contributed by atoms with Gasteiger partial charge in [0.1, 0.15) is 0 Å². The fourth-order valence-corrected chi connectivity index (χ4v) is 3.30. The molecule has 1 saturated heterocycles. The highest BCUT2D eigenvalue weighted by Gasteiger charge is 2.24. The predicted molar refractivity (Wildman–Crippen MR) is 84.5 cm³/mol. The first kappa shape index (κ1) is 17.2. The summed E-state index contributed by atoms with van der Waals surface area (Å²) in [5.41, 5.74) is 0. The summed E-state index contributed by atoms with van der Waals surface area (Å²) in [5.74, 6) is 0.130. The molecular weight excluding hydrogens is 282 g/mol. The molecule has 0 aromatic carbocycles. The first-order chi connectivity index (χ1) is 10.7. The first-order valence-corrected chi connectivity index (χ1v) is 8.51. The average Bonchev–Trinajstić information content (AvgIpc) is 3.02. The number of carbonyl (C=O) groups is 2. The van der Waals surface area contributed by atoms with Crippen molar-refractivity contribution in [3.05, 3.63) is 0 Å². The van der Waals surface area contributed by atoms with Gasteiger partial charge in [0.05, 0.1) is 13.2 Å². The lowest BCUT2D eigenvalue weighted by molar-refractivity contribution is -0.131. The molecule has 1 N–H and O–H groups in total. The van der Waals surface area contributed by atoms with Gasteiger partial charge in [0.25, 0.3) is 0 Å². The van der Waals surface area contributed by atoms with Crippen LogP contribution in [0.25, 0.3) is 0 Å². The van der Waals surface area contributed by atoms with E-state index in [9.17, 15) is 9.59 Å². The van der Waals surface area contributed by atoms with Crippen LogP contribution in [0.4, 0.5) is 0 Å². The molecule has 6 heteroatoms. The van der Waals surface area contributed by atoms with Crippen LogP contribution in [-0.4, -0.2) is 73.6 Å². The summed E-state index contributed by atoms with van der Waals surface area (Å²) in [7, 11) is 0. The zero-order valence-corrected chi connectivity index (χ0v) is 13.7. The number of amides is 2. The molecule has 0 spiro atoms. The average molecular weight is 311 g/mol. The Kier molecular flexibility index (Phi) is 7.12. The second-order valence-electron chi connectivity index (χ2n) is 6.20. The molecule has 6 nitrogen and oxygen atoms in total. The Morgan fingerprint density at radius 1 is 1.23 bits per heavy atom. The van der Waals surface area contributed by atoms with E-state index in [2.05, 4.69) is 10.2 Å². The number of nitrogens with one attached hydrogen (secondary N) is 1. The molecule has 2 aliphatic rings. The minimum Gasteiger partial charge on any atom is -0.379 e. The zero-order valence-electron chi connectivity index (χ0n) is 13.7. The van der Waals surface area contributed by atoms with Gasteiger partial charge in [-0.1, -0.05) is 12.8 Å². The van der Waals surface area contributed by atoms with Gasteiger partial charge in [-0.25, -0.2) is 0 Å². The Morgan fingerprint density at radius 2 is 1.91 bits per heavy atom. The van der Waals surface area contributed by atoms with Gasteiger partial charge in [0.15, 0.2) is 0 Å². The van der Waals surface area contributed by atoms with E-state index in [-0.39, 0.29) is 11.8 Å². The maximum absolute atomic E-state index is 11.9. The highest BCUT2D eigenvalue weighted by molar-refractivity contribution is 5.78. The maximum Gasteiger partial charge on any atom is 0.221 e. The predicted octanol–water partition coefficient (Wildman–Crippen LogP) is 0.616. The summed E-state index contributed by atoms with van der Waals surface area (Å²) in [6.07, 6.45) is 4.95. The second-order valence-corrected chi connectivity index (χ2v) is 6.20. The largest absolute Gasteiger partial charge is 0.379 e. The summed E-state index contributed by atoms with van der Waals surface area (Å²) in [6, 6.07) is 0.346. The van der Waals surface area contributed by atoms with Crippen LogP contribution in [-0.2, 0) is 14.3 Å². The molecule has 1 heterocycles. The fourth-order valence-electron chi connectivity index (χ4n) is 3.30. The van der Waals surface area contributed by atoms with Crippen molar-refractivity contribution in [1.29, 1.82) is 0 Å². The molecule has 0 aromatic heterocycles. The van der Waals surface area contributed by atoms with Crippen LogP contribution >= 0.6 is 0 Å². The van der Waals surface area contributed by atoms with Gasteiger partial charge in [-0.3, -0.25) is 14.5 Å². The van der Waals surface area contributed by atoms with Crippen molar-refractivity contribution < 1.29 is 14.3 Å². The van der Waals surface area contributed by atoms with Gasteiger partial charge >= 0.3 is 0 Å². The quantitative estimate of drug-likeness (QED) is 0.748. The molecule has 0 atom stereocenters. The van der Waals surface area contributed by atoms with E-state index in [1.54, 1.807) is 6.92 Å². The van der Waals surface area contributed by atoms with E-state index in [4.69, 9.17) is 4.74 Å². The van der Waals surface area contributed by atoms with Crippen molar-refractivity contribution in [1.82, 2.24) is 15.1 Å². The molecule has 22 heavy (non-hydrogen) atoms. The number of carbonyl (C=O) groups excluding carboxylic acids is 2. The molecule has 2 amide bonds. The number of hydrogen-bond donors (Lipinski definition) is 1. The van der Waals surface area contributed by atoms with Gasteiger partial charge < -0.3 is 15.0 Å². The van der Waals surface area contributed by atoms with Crippen LogP contribution in [0, 0.1) is 0 Å². The molecular formula is C16H29N3O3. The Hall–Kier alpha value is -1.14. The second kappa shape index (κ2) is 9.10. The molecule has 126 valence electrons. The highest BCUT2D eigenvalue weighted by atomic mass is 16.5. The number of rotatable bonds is 7. The third-order valence-corrected chi connectivity index (χ3v) is 4.60. The van der Waals surface area contributed by atoms with Crippen LogP contribution in [0.3, 0.4) is 0 Å². The van der Waals surface area contributed by atoms with Crippen LogP contribution in [0.5, 0.6) is 0 Å². The maximum atomic E-state index is 11.9. The zero-order chi connectivity index (χ0) is 15.8. The van der Waals surface area contributed by atoms with Crippen molar-refractivity contribution in [3.63, 3.8) is 0 Å². The van der Waals surface area contributed by atoms with Gasteiger partial charge in [-0.15, -0.1) is 0 Å². The molecule has 0 aromatic rings. The Balaban J connectivity index is 1.62. The molecule has 2 rings (SSSR count). The summed E-state index contributed by atoms with van der Waals surface area (Å²) in [5, 5.41) is 2.96. The third-order valence-electron chi connectivity index (χ3n) is 4.60. The van der Waals surface area contributed by atoms with Crippen molar-refractivity contribution >= 4 is 11.8 Å². The molecule has 2 fully saturated rings. The van der Waals surface area contributed by atoms with Crippen molar-refractivity contribution in [2.24, 2.45) is 0 Å². The van der Waals surface area contributed by atoms with Crippen LogP contribution in [0.15, 0.2) is 0 Å². The smallest absolute Gasteiger partial charge is 0.221 e. The van der Waals surface area contributed by atoms with Crippen LogP contribution in [0.1, 0.15) is 39.0 Å². The Bertz CT molecular complexity index is 364. The normalized spacial score (nSPS) is 20.0. The lowest BCUT2D eigenvalue weighted by Gasteiger charge is -2.28. The Morgan fingerprint density at radius 3 is 2.55 bits per heavy atom. The van der Waals surface area contributed by atoms with E-state index < -0.39 is 0 Å². The summed E-state index contributed by atoms with van der Waals surface area (Å²) < 4.78 is 5.30. The lowest BCUT2D eigenvalue weighted by atomic mass is 10.2. The fraction of sp³-hybridized carbons (Fsp3) is 0.875. The van der Waals surface area contributed by atoms with Gasteiger partial charge in [-0.05, 0) is 12.8 Å². The first-order valence-electron chi connectivity index (χ1n) is 8.51. The van der Waals surface area contributed by atoms with E-state index in [1.165, 1.54) is 12.8 Å². The molecule has 0 bridgehead atoms. The lowest BCUT2D eigenvalue weighted by Crippen LogP contribution is -2.42. The Labute approximate surface area is 133 Å². The number of hydrogen-bond acceptors (Lipinski definition) is 4. The molecule has 0 unspecified atom stereocenters. The minimum absolute atomic E-state index is 0.0394. The summed E-state index contributed by atoms with van der Waals surface area (Å²) >= 11 is 0. The van der Waals surface area contributed by atoms with E-state index in [1.807, 2.05) is 4.90 Å². The van der Waals surface area contributed by atoms with Gasteiger partial charge in [-0.2, -0.15) is 0 Å². The summed E-state index contributed by atoms with van der Waals surface area (Å²) in [4.78, 5) is 27.9. The SMILES string of the molecule is CC(=O)N(CCC(=O)NCCN1CCOCC1)C1CCCC1. The van der Waals surface area contributed by atoms with Crippen molar-refractivity contribution in [2.45, 2.75) is 45.1 Å².